The van der Waals surface area contributed by atoms with E-state index in [-0.39, 0.29) is 11.2 Å². The molecule has 0 heterocycles. The van der Waals surface area contributed by atoms with Gasteiger partial charge in [-0.25, -0.2) is 0 Å². The molecule has 0 aliphatic rings. The van der Waals surface area contributed by atoms with Crippen LogP contribution < -0.4 is 0 Å². The quantitative estimate of drug-likeness (QED) is 0.585. The number of phenols is 1. The van der Waals surface area contributed by atoms with Crippen LogP contribution in [0.5, 0.6) is 5.75 Å². The molecule has 0 unspecified atom stereocenters. The molecule has 0 aliphatic carbocycles. The Bertz CT molecular complexity index is 685. The standard InChI is InChI=1S/C19H20OS/c1-19(2,3)17-11-15(18(20)16(12-17)13-21)10-9-14-7-5-4-6-8-14/h4-8,11-12,20-21H,13H2,1-3H3. The van der Waals surface area contributed by atoms with Gasteiger partial charge >= 0.3 is 0 Å². The molecule has 2 rings (SSSR count). The normalized spacial score (nSPS) is 10.9. The van der Waals surface area contributed by atoms with Gasteiger partial charge in [-0.05, 0) is 29.2 Å². The average molecular weight is 296 g/mol. The van der Waals surface area contributed by atoms with Crippen molar-refractivity contribution in [3.63, 3.8) is 0 Å². The van der Waals surface area contributed by atoms with Crippen molar-refractivity contribution in [2.45, 2.75) is 31.9 Å². The SMILES string of the molecule is CC(C)(C)c1cc(C#Cc2ccccc2)c(O)c(CS)c1. The van der Waals surface area contributed by atoms with Gasteiger partial charge in [0.1, 0.15) is 5.75 Å². The third kappa shape index (κ3) is 3.83. The lowest BCUT2D eigenvalue weighted by Gasteiger charge is -2.21. The summed E-state index contributed by atoms with van der Waals surface area (Å²) in [4.78, 5) is 0. The number of aromatic hydroxyl groups is 1. The maximum atomic E-state index is 10.3. The molecule has 0 radical (unpaired) electrons. The largest absolute Gasteiger partial charge is 0.506 e. The first-order valence-electron chi connectivity index (χ1n) is 6.96. The fraction of sp³-hybridized carbons (Fsp3) is 0.263. The van der Waals surface area contributed by atoms with Gasteiger partial charge in [0.15, 0.2) is 0 Å². The topological polar surface area (TPSA) is 20.2 Å². The van der Waals surface area contributed by atoms with Crippen LogP contribution in [0, 0.1) is 11.8 Å². The van der Waals surface area contributed by atoms with Crippen LogP contribution in [-0.4, -0.2) is 5.11 Å². The smallest absolute Gasteiger partial charge is 0.135 e. The van der Waals surface area contributed by atoms with E-state index in [0.29, 0.717) is 11.3 Å². The van der Waals surface area contributed by atoms with Crippen molar-refractivity contribution >= 4 is 12.6 Å². The second-order valence-electron chi connectivity index (χ2n) is 6.06. The lowest BCUT2D eigenvalue weighted by atomic mass is 9.85. The first-order chi connectivity index (χ1) is 9.91. The monoisotopic (exact) mass is 296 g/mol. The maximum absolute atomic E-state index is 10.3. The Morgan fingerprint density at radius 1 is 1.05 bits per heavy atom. The van der Waals surface area contributed by atoms with Crippen LogP contribution in [0.25, 0.3) is 0 Å². The fourth-order valence-corrected chi connectivity index (χ4v) is 2.25. The van der Waals surface area contributed by atoms with Gasteiger partial charge in [-0.15, -0.1) is 0 Å². The van der Waals surface area contributed by atoms with Crippen LogP contribution >= 0.6 is 12.6 Å². The molecule has 0 bridgehead atoms. The van der Waals surface area contributed by atoms with E-state index in [2.05, 4.69) is 45.2 Å². The molecule has 0 aromatic heterocycles. The van der Waals surface area contributed by atoms with Gasteiger partial charge in [-0.2, -0.15) is 12.6 Å². The highest BCUT2D eigenvalue weighted by Gasteiger charge is 2.17. The van der Waals surface area contributed by atoms with Crippen LogP contribution in [0.4, 0.5) is 0 Å². The minimum Gasteiger partial charge on any atom is -0.506 e. The summed E-state index contributed by atoms with van der Waals surface area (Å²) in [6.07, 6.45) is 0. The molecular weight excluding hydrogens is 276 g/mol. The molecule has 108 valence electrons. The van der Waals surface area contributed by atoms with Gasteiger partial charge in [-0.1, -0.05) is 56.9 Å². The summed E-state index contributed by atoms with van der Waals surface area (Å²) in [7, 11) is 0. The van der Waals surface area contributed by atoms with E-state index in [0.717, 1.165) is 16.7 Å². The van der Waals surface area contributed by atoms with E-state index in [1.165, 1.54) is 0 Å². The zero-order valence-corrected chi connectivity index (χ0v) is 13.5. The third-order valence-electron chi connectivity index (χ3n) is 3.34. The summed E-state index contributed by atoms with van der Waals surface area (Å²) >= 11 is 4.30. The van der Waals surface area contributed by atoms with Crippen LogP contribution in [0.1, 0.15) is 43.0 Å². The zero-order chi connectivity index (χ0) is 15.5. The number of benzene rings is 2. The number of hydrogen-bond acceptors (Lipinski definition) is 2. The van der Waals surface area contributed by atoms with E-state index in [1.807, 2.05) is 42.5 Å². The molecule has 0 atom stereocenters. The third-order valence-corrected chi connectivity index (χ3v) is 3.68. The summed E-state index contributed by atoms with van der Waals surface area (Å²) in [6.45, 7) is 6.45. The van der Waals surface area contributed by atoms with Crippen molar-refractivity contribution in [2.24, 2.45) is 0 Å². The highest BCUT2D eigenvalue weighted by Crippen LogP contribution is 2.31. The molecule has 0 spiro atoms. The second-order valence-corrected chi connectivity index (χ2v) is 6.37. The summed E-state index contributed by atoms with van der Waals surface area (Å²) in [5.74, 6) is 6.91. The molecule has 1 nitrogen and oxygen atoms in total. The molecule has 0 fully saturated rings. The Kier molecular flexibility index (Phi) is 4.65. The highest BCUT2D eigenvalue weighted by molar-refractivity contribution is 7.79. The van der Waals surface area contributed by atoms with Crippen molar-refractivity contribution < 1.29 is 5.11 Å². The van der Waals surface area contributed by atoms with Crippen molar-refractivity contribution in [1.29, 1.82) is 0 Å². The Balaban J connectivity index is 2.51. The van der Waals surface area contributed by atoms with Crippen LogP contribution in [0.15, 0.2) is 42.5 Å². The van der Waals surface area contributed by atoms with Crippen LogP contribution in [0.2, 0.25) is 0 Å². The Labute approximate surface area is 132 Å². The molecule has 0 aliphatic heterocycles. The molecule has 2 heteroatoms. The first kappa shape index (κ1) is 15.5. The molecule has 2 aromatic carbocycles. The van der Waals surface area contributed by atoms with E-state index in [4.69, 9.17) is 0 Å². The Hall–Kier alpha value is -1.85. The number of thiol groups is 1. The van der Waals surface area contributed by atoms with Gasteiger partial charge in [-0.3, -0.25) is 0 Å². The second kappa shape index (κ2) is 6.28. The Morgan fingerprint density at radius 3 is 2.29 bits per heavy atom. The molecule has 2 aromatic rings. The zero-order valence-electron chi connectivity index (χ0n) is 12.6. The van der Waals surface area contributed by atoms with Gasteiger partial charge in [0.25, 0.3) is 0 Å². The van der Waals surface area contributed by atoms with Crippen LogP contribution in [-0.2, 0) is 11.2 Å². The highest BCUT2D eigenvalue weighted by atomic mass is 32.1. The van der Waals surface area contributed by atoms with E-state index in [9.17, 15) is 5.11 Å². The minimum atomic E-state index is 0.00851. The number of phenolic OH excluding ortho intramolecular Hbond substituents is 1. The van der Waals surface area contributed by atoms with E-state index >= 15 is 0 Å². The van der Waals surface area contributed by atoms with Gasteiger partial charge < -0.3 is 5.11 Å². The van der Waals surface area contributed by atoms with Crippen LogP contribution in [0.3, 0.4) is 0 Å². The van der Waals surface area contributed by atoms with Crippen molar-refractivity contribution in [1.82, 2.24) is 0 Å². The molecular formula is C19H20OS. The van der Waals surface area contributed by atoms with Gasteiger partial charge in [0, 0.05) is 16.9 Å². The predicted molar refractivity (Wildman–Crippen MR) is 91.9 cm³/mol. The molecule has 0 amide bonds. The lowest BCUT2D eigenvalue weighted by Crippen LogP contribution is -2.12. The number of hydrogen-bond donors (Lipinski definition) is 2. The Morgan fingerprint density at radius 2 is 1.71 bits per heavy atom. The summed E-state index contributed by atoms with van der Waals surface area (Å²) in [5.41, 5.74) is 3.58. The van der Waals surface area contributed by atoms with Gasteiger partial charge in [0.2, 0.25) is 0 Å². The summed E-state index contributed by atoms with van der Waals surface area (Å²) in [6, 6.07) is 13.8. The summed E-state index contributed by atoms with van der Waals surface area (Å²) in [5, 5.41) is 10.3. The predicted octanol–water partition coefficient (Wildman–Crippen LogP) is 4.52. The minimum absolute atomic E-state index is 0.00851. The van der Waals surface area contributed by atoms with Crippen molar-refractivity contribution in [3.05, 3.63) is 64.7 Å². The molecule has 1 N–H and O–H groups in total. The fourth-order valence-electron chi connectivity index (χ4n) is 2.00. The maximum Gasteiger partial charge on any atom is 0.135 e. The lowest BCUT2D eigenvalue weighted by molar-refractivity contribution is 0.467. The van der Waals surface area contributed by atoms with E-state index in [1.54, 1.807) is 0 Å². The van der Waals surface area contributed by atoms with Crippen molar-refractivity contribution in [2.75, 3.05) is 0 Å². The van der Waals surface area contributed by atoms with Crippen molar-refractivity contribution in [3.8, 4) is 17.6 Å². The summed E-state index contributed by atoms with van der Waals surface area (Å²) < 4.78 is 0. The molecule has 21 heavy (non-hydrogen) atoms. The van der Waals surface area contributed by atoms with E-state index < -0.39 is 0 Å². The average Bonchev–Trinajstić information content (AvgIpc) is 2.46. The van der Waals surface area contributed by atoms with Gasteiger partial charge in [0.05, 0.1) is 5.56 Å². The first-order valence-corrected chi connectivity index (χ1v) is 7.59. The number of rotatable bonds is 1. The molecule has 0 saturated carbocycles. The molecule has 0 saturated heterocycles.